The average Bonchev–Trinajstić information content (AvgIpc) is 2.28. The first-order valence-corrected chi connectivity index (χ1v) is 6.26. The molecule has 3 heteroatoms. The molecule has 1 aliphatic rings. The van der Waals surface area contributed by atoms with Crippen molar-refractivity contribution in [3.63, 3.8) is 0 Å². The molecule has 0 amide bonds. The summed E-state index contributed by atoms with van der Waals surface area (Å²) in [6, 6.07) is 0. The summed E-state index contributed by atoms with van der Waals surface area (Å²) >= 11 is 0. The van der Waals surface area contributed by atoms with E-state index in [2.05, 4.69) is 11.8 Å². The molecule has 17 heavy (non-hydrogen) atoms. The second-order valence-corrected chi connectivity index (χ2v) is 5.30. The smallest absolute Gasteiger partial charge is 0.210 e. The lowest BCUT2D eigenvalue weighted by Crippen LogP contribution is -2.22. The Hall–Kier alpha value is -0.850. The maximum atomic E-state index is 11.5. The summed E-state index contributed by atoms with van der Waals surface area (Å²) < 4.78 is 10.9. The van der Waals surface area contributed by atoms with Crippen LogP contribution in [0.25, 0.3) is 0 Å². The largest absolute Gasteiger partial charge is 0.353 e. The average molecular weight is 238 g/mol. The Kier molecular flexibility index (Phi) is 5.67. The lowest BCUT2D eigenvalue weighted by molar-refractivity contribution is -0.161. The van der Waals surface area contributed by atoms with Gasteiger partial charge in [0.25, 0.3) is 0 Å². The van der Waals surface area contributed by atoms with Crippen LogP contribution < -0.4 is 0 Å². The first kappa shape index (κ1) is 14.2. The van der Waals surface area contributed by atoms with Crippen molar-refractivity contribution in [1.29, 1.82) is 0 Å². The SMILES string of the molecule is CC(C)(C)C(=O)C#CCCOC1CCCCO1. The van der Waals surface area contributed by atoms with Crippen LogP contribution in [0, 0.1) is 17.3 Å². The van der Waals surface area contributed by atoms with Gasteiger partial charge in [-0.1, -0.05) is 26.7 Å². The van der Waals surface area contributed by atoms with Crippen LogP contribution in [-0.2, 0) is 14.3 Å². The molecule has 1 unspecified atom stereocenters. The van der Waals surface area contributed by atoms with Crippen LogP contribution in [0.5, 0.6) is 0 Å². The van der Waals surface area contributed by atoms with Crippen LogP contribution in [0.15, 0.2) is 0 Å². The number of carbonyl (C=O) groups is 1. The Morgan fingerprint density at radius 3 is 2.76 bits per heavy atom. The van der Waals surface area contributed by atoms with Gasteiger partial charge in [0.15, 0.2) is 6.29 Å². The van der Waals surface area contributed by atoms with Crippen molar-refractivity contribution >= 4 is 5.78 Å². The number of carbonyl (C=O) groups excluding carboxylic acids is 1. The summed E-state index contributed by atoms with van der Waals surface area (Å²) in [4.78, 5) is 11.5. The minimum absolute atomic E-state index is 0.0218. The van der Waals surface area contributed by atoms with Crippen molar-refractivity contribution in [3.8, 4) is 11.8 Å². The molecule has 0 aromatic carbocycles. The van der Waals surface area contributed by atoms with Crippen LogP contribution in [0.1, 0.15) is 46.5 Å². The van der Waals surface area contributed by atoms with E-state index >= 15 is 0 Å². The quantitative estimate of drug-likeness (QED) is 0.430. The second-order valence-electron chi connectivity index (χ2n) is 5.30. The van der Waals surface area contributed by atoms with Gasteiger partial charge in [-0.2, -0.15) is 0 Å². The van der Waals surface area contributed by atoms with E-state index in [0.717, 1.165) is 19.4 Å². The third-order valence-electron chi connectivity index (χ3n) is 2.55. The highest BCUT2D eigenvalue weighted by molar-refractivity contribution is 5.99. The predicted molar refractivity (Wildman–Crippen MR) is 66.4 cm³/mol. The molecule has 1 heterocycles. The van der Waals surface area contributed by atoms with Crippen molar-refractivity contribution in [3.05, 3.63) is 0 Å². The van der Waals surface area contributed by atoms with E-state index in [0.29, 0.717) is 13.0 Å². The van der Waals surface area contributed by atoms with Crippen LogP contribution >= 0.6 is 0 Å². The second kappa shape index (κ2) is 6.78. The summed E-state index contributed by atoms with van der Waals surface area (Å²) in [6.07, 6.45) is 3.78. The van der Waals surface area contributed by atoms with Crippen molar-refractivity contribution < 1.29 is 14.3 Å². The zero-order valence-corrected chi connectivity index (χ0v) is 11.0. The van der Waals surface area contributed by atoms with E-state index in [-0.39, 0.29) is 17.5 Å². The minimum atomic E-state index is -0.375. The van der Waals surface area contributed by atoms with Gasteiger partial charge in [0.05, 0.1) is 6.61 Å². The molecular formula is C14H22O3. The number of hydrogen-bond donors (Lipinski definition) is 0. The van der Waals surface area contributed by atoms with Crippen LogP contribution in [0.4, 0.5) is 0 Å². The first-order chi connectivity index (χ1) is 8.00. The molecule has 0 aromatic heterocycles. The highest BCUT2D eigenvalue weighted by atomic mass is 16.7. The van der Waals surface area contributed by atoms with Gasteiger partial charge >= 0.3 is 0 Å². The summed E-state index contributed by atoms with van der Waals surface area (Å²) in [5, 5.41) is 0. The van der Waals surface area contributed by atoms with E-state index in [1.54, 1.807) is 0 Å². The summed E-state index contributed by atoms with van der Waals surface area (Å²) in [7, 11) is 0. The van der Waals surface area contributed by atoms with E-state index in [1.807, 2.05) is 20.8 Å². The minimum Gasteiger partial charge on any atom is -0.353 e. The van der Waals surface area contributed by atoms with Crippen molar-refractivity contribution in [2.75, 3.05) is 13.2 Å². The summed E-state index contributed by atoms with van der Waals surface area (Å²) in [6.45, 7) is 6.94. The van der Waals surface area contributed by atoms with Gasteiger partial charge in [0.1, 0.15) is 0 Å². The van der Waals surface area contributed by atoms with Gasteiger partial charge < -0.3 is 9.47 Å². The number of ketones is 1. The molecule has 1 fully saturated rings. The maximum absolute atomic E-state index is 11.5. The molecule has 0 N–H and O–H groups in total. The molecule has 0 saturated carbocycles. The molecule has 0 spiro atoms. The predicted octanol–water partition coefficient (Wildman–Crippen LogP) is 2.54. The molecule has 0 aliphatic carbocycles. The molecule has 1 atom stereocenters. The topological polar surface area (TPSA) is 35.5 Å². The van der Waals surface area contributed by atoms with Gasteiger partial charge in [-0.3, -0.25) is 4.79 Å². The van der Waals surface area contributed by atoms with E-state index in [4.69, 9.17) is 9.47 Å². The highest BCUT2D eigenvalue weighted by Crippen LogP contribution is 2.14. The number of hydrogen-bond acceptors (Lipinski definition) is 3. The third kappa shape index (κ3) is 5.86. The fraction of sp³-hybridized carbons (Fsp3) is 0.786. The Labute approximate surface area is 104 Å². The Morgan fingerprint density at radius 2 is 2.18 bits per heavy atom. The molecule has 96 valence electrons. The number of ether oxygens (including phenoxy) is 2. The van der Waals surface area contributed by atoms with Gasteiger partial charge in [-0.05, 0) is 25.2 Å². The Morgan fingerprint density at radius 1 is 1.41 bits per heavy atom. The molecule has 1 saturated heterocycles. The summed E-state index contributed by atoms with van der Waals surface area (Å²) in [5.74, 6) is 5.48. The van der Waals surface area contributed by atoms with Crippen molar-refractivity contribution in [2.45, 2.75) is 52.7 Å². The highest BCUT2D eigenvalue weighted by Gasteiger charge is 2.18. The van der Waals surface area contributed by atoms with Crippen LogP contribution in [-0.4, -0.2) is 25.3 Å². The number of rotatable bonds is 3. The molecular weight excluding hydrogens is 216 g/mol. The first-order valence-electron chi connectivity index (χ1n) is 6.26. The van der Waals surface area contributed by atoms with Crippen molar-refractivity contribution in [2.24, 2.45) is 5.41 Å². The van der Waals surface area contributed by atoms with Gasteiger partial charge in [0, 0.05) is 18.4 Å². The summed E-state index contributed by atoms with van der Waals surface area (Å²) in [5.41, 5.74) is -0.375. The fourth-order valence-corrected chi connectivity index (χ4v) is 1.41. The van der Waals surface area contributed by atoms with E-state index in [1.165, 1.54) is 6.42 Å². The maximum Gasteiger partial charge on any atom is 0.210 e. The zero-order valence-electron chi connectivity index (χ0n) is 11.0. The lowest BCUT2D eigenvalue weighted by Gasteiger charge is -2.22. The van der Waals surface area contributed by atoms with Crippen LogP contribution in [0.3, 0.4) is 0 Å². The lowest BCUT2D eigenvalue weighted by atomic mass is 9.91. The Balaban J connectivity index is 2.15. The van der Waals surface area contributed by atoms with Gasteiger partial charge in [-0.15, -0.1) is 0 Å². The standard InChI is InChI=1S/C14H22O3/c1-14(2,3)12(15)8-4-6-10-16-13-9-5-7-11-17-13/h13H,5-7,9-11H2,1-3H3. The fourth-order valence-electron chi connectivity index (χ4n) is 1.41. The van der Waals surface area contributed by atoms with Gasteiger partial charge in [0.2, 0.25) is 5.78 Å². The molecule has 0 aromatic rings. The molecule has 3 nitrogen and oxygen atoms in total. The molecule has 0 radical (unpaired) electrons. The Bertz CT molecular complexity index is 298. The van der Waals surface area contributed by atoms with Crippen LogP contribution in [0.2, 0.25) is 0 Å². The third-order valence-corrected chi connectivity index (χ3v) is 2.55. The molecule has 1 aliphatic heterocycles. The van der Waals surface area contributed by atoms with E-state index < -0.39 is 0 Å². The van der Waals surface area contributed by atoms with Crippen molar-refractivity contribution in [1.82, 2.24) is 0 Å². The monoisotopic (exact) mass is 238 g/mol. The van der Waals surface area contributed by atoms with Gasteiger partial charge in [-0.25, -0.2) is 0 Å². The zero-order chi connectivity index (χ0) is 12.7. The van der Waals surface area contributed by atoms with E-state index in [9.17, 15) is 4.79 Å². The normalized spacial score (nSPS) is 20.5. The molecule has 0 bridgehead atoms. The molecule has 1 rings (SSSR count). The number of Topliss-reactive ketones (excluding diaryl/α,β-unsaturated/α-hetero) is 1.